The number of hydrogen-bond acceptors (Lipinski definition) is 6. The number of aldehydes is 1. The number of nitrogens with zero attached hydrogens (tertiary/aromatic N) is 3. The van der Waals surface area contributed by atoms with Gasteiger partial charge in [-0.2, -0.15) is 8.78 Å². The topological polar surface area (TPSA) is 72.0 Å². The number of carbonyl (C=O) groups excluding carboxylic acids is 2. The number of rotatable bonds is 3. The molecule has 1 amide bonds. The summed E-state index contributed by atoms with van der Waals surface area (Å²) in [5.41, 5.74) is 1.24. The molecule has 9 heteroatoms. The largest absolute Gasteiger partial charge is 0.444 e. The molecule has 7 nitrogen and oxygen atoms in total. The van der Waals surface area contributed by atoms with Crippen molar-refractivity contribution in [3.05, 3.63) is 34.5 Å². The van der Waals surface area contributed by atoms with Gasteiger partial charge in [-0.3, -0.25) is 4.79 Å². The Bertz CT molecular complexity index is 853. The van der Waals surface area contributed by atoms with Crippen molar-refractivity contribution in [1.82, 2.24) is 9.88 Å². The number of aromatic nitrogens is 1. The third-order valence-corrected chi connectivity index (χ3v) is 5.23. The van der Waals surface area contributed by atoms with Gasteiger partial charge in [-0.25, -0.2) is 9.78 Å². The third kappa shape index (κ3) is 4.77. The second-order valence-corrected chi connectivity index (χ2v) is 8.53. The molecule has 0 aliphatic carbocycles. The van der Waals surface area contributed by atoms with Crippen LogP contribution in [-0.2, 0) is 16.1 Å². The van der Waals surface area contributed by atoms with Crippen LogP contribution in [0.1, 0.15) is 61.3 Å². The van der Waals surface area contributed by atoms with Crippen molar-refractivity contribution in [3.8, 4) is 0 Å². The minimum Gasteiger partial charge on any atom is -0.444 e. The maximum Gasteiger partial charge on any atom is 0.410 e. The number of carbonyl (C=O) groups is 2. The highest BCUT2D eigenvalue weighted by Gasteiger charge is 2.33. The van der Waals surface area contributed by atoms with Crippen LogP contribution < -0.4 is 4.90 Å². The Hall–Kier alpha value is -2.55. The predicted octanol–water partition coefficient (Wildman–Crippen LogP) is 4.08. The average molecular weight is 423 g/mol. The first-order chi connectivity index (χ1) is 14.1. The Morgan fingerprint density at radius 3 is 2.57 bits per heavy atom. The van der Waals surface area contributed by atoms with Crippen LogP contribution >= 0.6 is 0 Å². The minimum atomic E-state index is -1.62. The number of anilines is 1. The molecule has 30 heavy (non-hydrogen) atoms. The molecule has 2 aliphatic rings. The fraction of sp³-hybridized carbons (Fsp3) is 0.571. The molecule has 0 N–H and O–H groups in total. The molecule has 1 aromatic rings. The molecular weight excluding hydrogens is 396 g/mol. The summed E-state index contributed by atoms with van der Waals surface area (Å²) in [4.78, 5) is 32.2. The summed E-state index contributed by atoms with van der Waals surface area (Å²) in [6.45, 7) is 6.60. The highest BCUT2D eigenvalue weighted by Crippen LogP contribution is 2.34. The summed E-state index contributed by atoms with van der Waals surface area (Å²) in [7, 11) is 1.62. The highest BCUT2D eigenvalue weighted by atomic mass is 19.3. The minimum absolute atomic E-state index is 0.152. The summed E-state index contributed by atoms with van der Waals surface area (Å²) in [5.74, 6) is 0.464. The van der Waals surface area contributed by atoms with Gasteiger partial charge in [-0.15, -0.1) is 0 Å². The van der Waals surface area contributed by atoms with Crippen molar-refractivity contribution in [2.45, 2.75) is 51.9 Å². The third-order valence-electron chi connectivity index (χ3n) is 5.23. The number of pyridine rings is 1. The first-order valence-corrected chi connectivity index (χ1v) is 9.91. The molecule has 0 bridgehead atoms. The summed E-state index contributed by atoms with van der Waals surface area (Å²) in [6.07, 6.45) is -0.932. The smallest absolute Gasteiger partial charge is 0.410 e. The molecule has 0 saturated carbocycles. The molecule has 1 atom stereocenters. The molecular formula is C21H27F2N3O4. The Morgan fingerprint density at radius 1 is 1.33 bits per heavy atom. The Labute approximate surface area is 174 Å². The van der Waals surface area contributed by atoms with Crippen LogP contribution in [0.25, 0.3) is 0 Å². The van der Waals surface area contributed by atoms with E-state index >= 15 is 0 Å². The molecule has 3 rings (SSSR count). The van der Waals surface area contributed by atoms with Crippen molar-refractivity contribution in [2.24, 2.45) is 0 Å². The number of ether oxygens (including phenoxy) is 2. The Balaban J connectivity index is 1.88. The second kappa shape index (κ2) is 8.67. The fourth-order valence-corrected chi connectivity index (χ4v) is 3.63. The maximum atomic E-state index is 12.8. The molecule has 3 heterocycles. The summed E-state index contributed by atoms with van der Waals surface area (Å²) in [6, 6.07) is 1.28. The predicted molar refractivity (Wildman–Crippen MR) is 107 cm³/mol. The number of likely N-dealkylation sites (N-methyl/N-ethyl adjacent to an activating group) is 1. The standard InChI is InChI=1S/C21H27F2N3O4/c1-21(2,3)30-20(28)25(4)17-12-29-11-16-15(17)9-14(10-27)19(24-16)26-7-5-13(6-8-26)18(22)23/h9-10,17H,5-8,11-12H2,1-4H3. The van der Waals surface area contributed by atoms with E-state index in [4.69, 9.17) is 9.47 Å². The Kier molecular flexibility index (Phi) is 6.40. The van der Waals surface area contributed by atoms with E-state index in [1.807, 2.05) is 4.90 Å². The lowest BCUT2D eigenvalue weighted by Gasteiger charge is -2.35. The van der Waals surface area contributed by atoms with E-state index in [1.54, 1.807) is 33.9 Å². The first-order valence-electron chi connectivity index (χ1n) is 9.91. The van der Waals surface area contributed by atoms with E-state index in [9.17, 15) is 18.4 Å². The van der Waals surface area contributed by atoms with Crippen LogP contribution in [0.4, 0.5) is 19.4 Å². The van der Waals surface area contributed by atoms with Gasteiger partial charge in [0.15, 0.2) is 6.29 Å². The number of piperidine rings is 1. The molecule has 164 valence electrons. The van der Waals surface area contributed by atoms with E-state index in [0.29, 0.717) is 36.5 Å². The number of fused-ring (bicyclic) bond motifs is 1. The zero-order valence-electron chi connectivity index (χ0n) is 17.7. The van der Waals surface area contributed by atoms with E-state index in [1.165, 1.54) is 4.90 Å². The van der Waals surface area contributed by atoms with Crippen molar-refractivity contribution < 1.29 is 27.8 Å². The van der Waals surface area contributed by atoms with Crippen LogP contribution in [0.15, 0.2) is 17.7 Å². The molecule has 0 radical (unpaired) electrons. The van der Waals surface area contributed by atoms with Crippen LogP contribution in [0.5, 0.6) is 0 Å². The number of halogens is 2. The number of amides is 1. The number of hydrogen-bond donors (Lipinski definition) is 0. The van der Waals surface area contributed by atoms with Gasteiger partial charge in [0.2, 0.25) is 0 Å². The van der Waals surface area contributed by atoms with E-state index in [2.05, 4.69) is 4.98 Å². The molecule has 1 unspecified atom stereocenters. The SMILES string of the molecule is CN(C(=O)OC(C)(C)C)C1COCc2nc(N3CCC(=C(F)F)CC3)c(C=O)cc21. The van der Waals surface area contributed by atoms with E-state index < -0.39 is 23.8 Å². The van der Waals surface area contributed by atoms with Gasteiger partial charge in [-0.05, 0) is 45.3 Å². The zero-order valence-corrected chi connectivity index (χ0v) is 17.7. The molecule has 0 aromatic carbocycles. The monoisotopic (exact) mass is 423 g/mol. The maximum absolute atomic E-state index is 12.8. The highest BCUT2D eigenvalue weighted by molar-refractivity contribution is 5.83. The molecule has 1 aromatic heterocycles. The summed E-state index contributed by atoms with van der Waals surface area (Å²) in [5, 5.41) is 0. The average Bonchev–Trinajstić information content (AvgIpc) is 2.70. The quantitative estimate of drug-likeness (QED) is 0.682. The van der Waals surface area contributed by atoms with E-state index in [-0.39, 0.29) is 31.6 Å². The fourth-order valence-electron chi connectivity index (χ4n) is 3.63. The van der Waals surface area contributed by atoms with Crippen molar-refractivity contribution in [2.75, 3.05) is 31.6 Å². The van der Waals surface area contributed by atoms with Crippen LogP contribution in [0, 0.1) is 0 Å². The molecule has 1 saturated heterocycles. The van der Waals surface area contributed by atoms with Crippen LogP contribution in [0.2, 0.25) is 0 Å². The van der Waals surface area contributed by atoms with Gasteiger partial charge >= 0.3 is 6.09 Å². The van der Waals surface area contributed by atoms with Gasteiger partial charge in [0.1, 0.15) is 11.4 Å². The van der Waals surface area contributed by atoms with Crippen LogP contribution in [0.3, 0.4) is 0 Å². The van der Waals surface area contributed by atoms with Crippen molar-refractivity contribution in [1.29, 1.82) is 0 Å². The lowest BCUT2D eigenvalue weighted by molar-refractivity contribution is -0.00114. The van der Waals surface area contributed by atoms with Crippen LogP contribution in [-0.4, -0.2) is 54.6 Å². The molecule has 1 fully saturated rings. The molecule has 2 aliphatic heterocycles. The van der Waals surface area contributed by atoms with Gasteiger partial charge in [0.25, 0.3) is 6.08 Å². The summed E-state index contributed by atoms with van der Waals surface area (Å²) >= 11 is 0. The van der Waals surface area contributed by atoms with Gasteiger partial charge < -0.3 is 19.3 Å². The van der Waals surface area contributed by atoms with Gasteiger partial charge in [-0.1, -0.05) is 0 Å². The second-order valence-electron chi connectivity index (χ2n) is 8.53. The zero-order chi connectivity index (χ0) is 22.1. The summed E-state index contributed by atoms with van der Waals surface area (Å²) < 4.78 is 36.8. The van der Waals surface area contributed by atoms with Crippen molar-refractivity contribution in [3.63, 3.8) is 0 Å². The lowest BCUT2D eigenvalue weighted by Crippen LogP contribution is -2.40. The van der Waals surface area contributed by atoms with E-state index in [0.717, 1.165) is 5.56 Å². The van der Waals surface area contributed by atoms with Gasteiger partial charge in [0, 0.05) is 25.7 Å². The first kappa shape index (κ1) is 22.1. The van der Waals surface area contributed by atoms with Gasteiger partial charge in [0.05, 0.1) is 30.5 Å². The normalized spacial score (nSPS) is 19.2. The van der Waals surface area contributed by atoms with Crippen molar-refractivity contribution >= 4 is 18.2 Å². The molecule has 0 spiro atoms. The Morgan fingerprint density at radius 2 is 2.00 bits per heavy atom. The lowest BCUT2D eigenvalue weighted by atomic mass is 9.99.